The van der Waals surface area contributed by atoms with Gasteiger partial charge in [0, 0.05) is 55.8 Å². The van der Waals surface area contributed by atoms with E-state index < -0.39 is 0 Å². The summed E-state index contributed by atoms with van der Waals surface area (Å²) in [7, 11) is 0. The van der Waals surface area contributed by atoms with Crippen molar-refractivity contribution in [1.82, 2.24) is 0 Å². The van der Waals surface area contributed by atoms with Gasteiger partial charge in [-0.1, -0.05) is 159 Å². The van der Waals surface area contributed by atoms with Gasteiger partial charge < -0.3 is 9.80 Å². The summed E-state index contributed by atoms with van der Waals surface area (Å²) < 4.78 is 0. The fraction of sp³-hybridized carbons (Fsp3) is 0.222. The van der Waals surface area contributed by atoms with E-state index in [0.717, 1.165) is 0 Å². The lowest BCUT2D eigenvalue weighted by Crippen LogP contribution is -2.62. The number of rotatable bonds is 2. The van der Waals surface area contributed by atoms with Crippen molar-refractivity contribution < 1.29 is 0 Å². The summed E-state index contributed by atoms with van der Waals surface area (Å²) in [5.41, 5.74) is 22.2. The smallest absolute Gasteiger partial charge is 0.252 e. The molecular formula is C54H49BN2. The van der Waals surface area contributed by atoms with Crippen LogP contribution < -0.4 is 26.2 Å². The average Bonchev–Trinajstić information content (AvgIpc) is 3.22. The monoisotopic (exact) mass is 736 g/mol. The average molecular weight is 737 g/mol. The fourth-order valence-electron chi connectivity index (χ4n) is 11.5. The fourth-order valence-corrected chi connectivity index (χ4v) is 11.5. The first-order valence-corrected chi connectivity index (χ1v) is 20.7. The normalized spacial score (nSPS) is 17.9. The number of benzene rings is 7. The summed E-state index contributed by atoms with van der Waals surface area (Å²) in [5.74, 6) is 0. The van der Waals surface area contributed by atoms with E-state index in [1.807, 2.05) is 0 Å². The number of fused-ring (bicyclic) bond motifs is 8. The van der Waals surface area contributed by atoms with Gasteiger partial charge in [-0.15, -0.1) is 0 Å². The SMILES string of the molecule is CC1(C)c2ccccc2C(C)(C)c2cc3c(cc21)B1c2cc4c(cc2N(c2ccccc2)c2cccc(c21)N3c1ccccc1)C(C)(C)c1ccccc1C4(C)C. The summed E-state index contributed by atoms with van der Waals surface area (Å²) in [5, 5.41) is 0. The van der Waals surface area contributed by atoms with Crippen molar-refractivity contribution in [2.45, 2.75) is 77.0 Å². The van der Waals surface area contributed by atoms with E-state index >= 15 is 0 Å². The van der Waals surface area contributed by atoms with Gasteiger partial charge in [-0.05, 0) is 109 Å². The number of nitrogens with zero attached hydrogens (tertiary/aromatic N) is 2. The highest BCUT2D eigenvalue weighted by atomic mass is 15.2. The molecular weight excluding hydrogens is 687 g/mol. The van der Waals surface area contributed by atoms with E-state index in [9.17, 15) is 0 Å². The number of hydrogen-bond acceptors (Lipinski definition) is 2. The third-order valence-electron chi connectivity index (χ3n) is 14.5. The molecule has 0 aromatic heterocycles. The van der Waals surface area contributed by atoms with E-state index in [0.29, 0.717) is 0 Å². The van der Waals surface area contributed by atoms with Crippen LogP contribution in [0.5, 0.6) is 0 Å². The largest absolute Gasteiger partial charge is 0.311 e. The van der Waals surface area contributed by atoms with Crippen LogP contribution in [0.25, 0.3) is 0 Å². The zero-order valence-corrected chi connectivity index (χ0v) is 34.4. The second-order valence-electron chi connectivity index (χ2n) is 19.0. The highest BCUT2D eigenvalue weighted by molar-refractivity contribution is 7.00. The Bertz CT molecular complexity index is 2620. The highest BCUT2D eigenvalue weighted by Gasteiger charge is 2.50. The zero-order chi connectivity index (χ0) is 39.2. The maximum Gasteiger partial charge on any atom is 0.252 e. The topological polar surface area (TPSA) is 6.48 Å². The molecule has 0 saturated carbocycles. The van der Waals surface area contributed by atoms with Crippen molar-refractivity contribution in [3.8, 4) is 0 Å². The van der Waals surface area contributed by atoms with E-state index in [4.69, 9.17) is 0 Å². The van der Waals surface area contributed by atoms with Gasteiger partial charge in [0.1, 0.15) is 0 Å². The summed E-state index contributed by atoms with van der Waals surface area (Å²) in [4.78, 5) is 5.12. The minimum absolute atomic E-state index is 0.0314. The summed E-state index contributed by atoms with van der Waals surface area (Å²) >= 11 is 0. The molecule has 278 valence electrons. The Kier molecular flexibility index (Phi) is 6.90. The molecule has 0 unspecified atom stereocenters. The Morgan fingerprint density at radius 3 is 0.982 bits per heavy atom. The van der Waals surface area contributed by atoms with Gasteiger partial charge in [0.25, 0.3) is 6.71 Å². The predicted octanol–water partition coefficient (Wildman–Crippen LogP) is 11.7. The molecule has 11 rings (SSSR count). The van der Waals surface area contributed by atoms with Gasteiger partial charge in [0.2, 0.25) is 0 Å². The molecule has 2 aliphatic carbocycles. The van der Waals surface area contributed by atoms with Gasteiger partial charge >= 0.3 is 0 Å². The first-order chi connectivity index (χ1) is 27.3. The predicted molar refractivity (Wildman–Crippen MR) is 242 cm³/mol. The number of anilines is 6. The van der Waals surface area contributed by atoms with Gasteiger partial charge in [0.05, 0.1) is 0 Å². The Balaban J connectivity index is 1.27. The van der Waals surface area contributed by atoms with Crippen LogP contribution >= 0.6 is 0 Å². The second kappa shape index (κ2) is 11.4. The molecule has 7 aromatic rings. The van der Waals surface area contributed by atoms with E-state index in [1.165, 1.54) is 95.0 Å². The van der Waals surface area contributed by atoms with Crippen LogP contribution in [0.15, 0.2) is 152 Å². The summed E-state index contributed by atoms with van der Waals surface area (Å²) in [6, 6.07) is 57.8. The molecule has 2 heterocycles. The molecule has 0 bridgehead atoms. The molecule has 2 aliphatic heterocycles. The van der Waals surface area contributed by atoms with Crippen LogP contribution in [0.4, 0.5) is 34.1 Å². The third-order valence-corrected chi connectivity index (χ3v) is 14.5. The highest BCUT2D eigenvalue weighted by Crippen LogP contribution is 2.54. The molecule has 0 amide bonds. The molecule has 2 nitrogen and oxygen atoms in total. The zero-order valence-electron chi connectivity index (χ0n) is 34.4. The molecule has 7 aromatic carbocycles. The van der Waals surface area contributed by atoms with Gasteiger partial charge in [-0.3, -0.25) is 0 Å². The van der Waals surface area contributed by atoms with Crippen molar-refractivity contribution in [3.63, 3.8) is 0 Å². The molecule has 4 aliphatic rings. The first kappa shape index (κ1) is 34.5. The van der Waals surface area contributed by atoms with Crippen molar-refractivity contribution in [2.24, 2.45) is 0 Å². The Morgan fingerprint density at radius 2 is 0.632 bits per heavy atom. The molecule has 0 fully saturated rings. The van der Waals surface area contributed by atoms with E-state index in [2.05, 4.69) is 217 Å². The number of hydrogen-bond donors (Lipinski definition) is 0. The van der Waals surface area contributed by atoms with Crippen molar-refractivity contribution in [3.05, 3.63) is 196 Å². The molecule has 0 spiro atoms. The Morgan fingerprint density at radius 1 is 0.316 bits per heavy atom. The van der Waals surface area contributed by atoms with Crippen LogP contribution in [0, 0.1) is 0 Å². The standard InChI is InChI=1S/C54H49BN2/c1-51(2)36-24-15-17-26-38(36)53(5,6)42-32-48-44(30-40(42)51)55-45-31-41-43(54(7,8)39-27-18-16-25-37(39)52(41,3)4)33-49(45)57(35-22-13-10-14-23-35)47-29-19-28-46(50(47)55)56(48)34-20-11-9-12-21-34/h9-33H,1-8H3. The molecule has 0 radical (unpaired) electrons. The quantitative estimate of drug-likeness (QED) is 0.163. The third kappa shape index (κ3) is 4.43. The van der Waals surface area contributed by atoms with Crippen LogP contribution in [0.3, 0.4) is 0 Å². The van der Waals surface area contributed by atoms with E-state index in [1.54, 1.807) is 0 Å². The molecule has 3 heteroatoms. The Labute approximate surface area is 338 Å². The molecule has 0 N–H and O–H groups in total. The lowest BCUT2D eigenvalue weighted by molar-refractivity contribution is 0.521. The van der Waals surface area contributed by atoms with Gasteiger partial charge in [-0.25, -0.2) is 0 Å². The minimum Gasteiger partial charge on any atom is -0.311 e. The van der Waals surface area contributed by atoms with Crippen LogP contribution in [-0.2, 0) is 21.7 Å². The maximum atomic E-state index is 2.63. The second-order valence-corrected chi connectivity index (χ2v) is 19.0. The molecule has 0 atom stereocenters. The van der Waals surface area contributed by atoms with Crippen molar-refractivity contribution in [2.75, 3.05) is 9.80 Å². The van der Waals surface area contributed by atoms with E-state index in [-0.39, 0.29) is 28.4 Å². The molecule has 0 saturated heterocycles. The lowest BCUT2D eigenvalue weighted by atomic mass is 9.32. The summed E-state index contributed by atoms with van der Waals surface area (Å²) in [6.45, 7) is 19.5. The van der Waals surface area contributed by atoms with Crippen LogP contribution in [0.2, 0.25) is 0 Å². The molecule has 57 heavy (non-hydrogen) atoms. The Hall–Kier alpha value is -5.80. The summed E-state index contributed by atoms with van der Waals surface area (Å²) in [6.07, 6.45) is 0. The van der Waals surface area contributed by atoms with Crippen LogP contribution in [-0.4, -0.2) is 6.71 Å². The maximum absolute atomic E-state index is 2.63. The van der Waals surface area contributed by atoms with Crippen molar-refractivity contribution in [1.29, 1.82) is 0 Å². The first-order valence-electron chi connectivity index (χ1n) is 20.7. The van der Waals surface area contributed by atoms with Gasteiger partial charge in [0.15, 0.2) is 0 Å². The van der Waals surface area contributed by atoms with Gasteiger partial charge in [-0.2, -0.15) is 0 Å². The minimum atomic E-state index is -0.174. The van der Waals surface area contributed by atoms with Crippen molar-refractivity contribution >= 4 is 57.2 Å². The number of para-hydroxylation sites is 2. The van der Waals surface area contributed by atoms with Crippen LogP contribution in [0.1, 0.15) is 99.9 Å². The lowest BCUT2D eigenvalue weighted by Gasteiger charge is -2.49.